The molecule has 0 aliphatic heterocycles. The van der Waals surface area contributed by atoms with E-state index in [1.807, 2.05) is 0 Å². The topological polar surface area (TPSA) is 105 Å². The number of amides is 1. The third kappa shape index (κ3) is 6.21. The van der Waals surface area contributed by atoms with E-state index in [0.29, 0.717) is 29.7 Å². The molecule has 0 unspecified atom stereocenters. The number of nitrogens with zero attached hydrogens (tertiary/aromatic N) is 4. The van der Waals surface area contributed by atoms with Gasteiger partial charge in [0.1, 0.15) is 11.6 Å². The number of anilines is 1. The number of aliphatic hydroxyl groups excluding tert-OH is 1. The fraction of sp³-hybridized carbons (Fsp3) is 0.231. The normalized spacial score (nSPS) is 12.4. The lowest BCUT2D eigenvalue weighted by Gasteiger charge is -2.16. The van der Waals surface area contributed by atoms with Crippen LogP contribution >= 0.6 is 0 Å². The molecule has 0 radical (unpaired) electrons. The van der Waals surface area contributed by atoms with Crippen molar-refractivity contribution >= 4 is 11.6 Å². The molecule has 3 N–H and O–H groups in total. The van der Waals surface area contributed by atoms with Crippen LogP contribution in [0.15, 0.2) is 60.9 Å². The van der Waals surface area contributed by atoms with Crippen LogP contribution in [0.1, 0.15) is 28.7 Å². The molecule has 4 aromatic rings. The summed E-state index contributed by atoms with van der Waals surface area (Å²) in [5.74, 6) is -1.94. The summed E-state index contributed by atoms with van der Waals surface area (Å²) in [5.41, 5.74) is -1.23. The first kappa shape index (κ1) is 26.9. The van der Waals surface area contributed by atoms with Crippen molar-refractivity contribution in [3.8, 4) is 22.5 Å². The van der Waals surface area contributed by atoms with Gasteiger partial charge < -0.3 is 15.7 Å². The maximum atomic E-state index is 14.9. The Balaban J connectivity index is 1.71. The molecule has 1 atom stereocenters. The Morgan fingerprint density at radius 1 is 1.16 bits per heavy atom. The molecular weight excluding hydrogens is 504 g/mol. The van der Waals surface area contributed by atoms with Gasteiger partial charge >= 0.3 is 6.18 Å². The van der Waals surface area contributed by atoms with Gasteiger partial charge in [0.25, 0.3) is 5.91 Å². The molecule has 12 heteroatoms. The Bertz CT molecular complexity index is 1440. The standard InChI is InChI=1S/C26H24F4N6O2/c1-15(37)12-31-14-23-32-13-22(24(34-23)16-6-4-3-5-7-16)33-25(38)18-10-17(21-8-9-36(2)35-21)19(11-20(18)27)26(28,29)30/h3-11,13,15,31,37H,12,14H2,1-2H3,(H,33,38)/t15-/m0/s1. The quantitative estimate of drug-likeness (QED) is 0.293. The summed E-state index contributed by atoms with van der Waals surface area (Å²) in [6, 6.07) is 11.3. The van der Waals surface area contributed by atoms with E-state index in [1.165, 1.54) is 30.2 Å². The van der Waals surface area contributed by atoms with E-state index in [2.05, 4.69) is 25.7 Å². The molecule has 198 valence electrons. The Labute approximate surface area is 215 Å². The van der Waals surface area contributed by atoms with Crippen molar-refractivity contribution in [2.75, 3.05) is 11.9 Å². The van der Waals surface area contributed by atoms with E-state index >= 15 is 0 Å². The Morgan fingerprint density at radius 2 is 1.89 bits per heavy atom. The summed E-state index contributed by atoms with van der Waals surface area (Å²) in [4.78, 5) is 21.9. The van der Waals surface area contributed by atoms with Crippen molar-refractivity contribution in [1.82, 2.24) is 25.1 Å². The zero-order valence-corrected chi connectivity index (χ0v) is 20.4. The maximum Gasteiger partial charge on any atom is 0.417 e. The van der Waals surface area contributed by atoms with Crippen molar-refractivity contribution in [3.63, 3.8) is 0 Å². The number of rotatable bonds is 8. The maximum absolute atomic E-state index is 14.9. The average molecular weight is 529 g/mol. The number of benzene rings is 2. The molecule has 1 amide bonds. The number of nitrogens with one attached hydrogen (secondary N) is 2. The van der Waals surface area contributed by atoms with E-state index in [0.717, 1.165) is 6.07 Å². The molecule has 0 bridgehead atoms. The fourth-order valence-electron chi connectivity index (χ4n) is 3.75. The Hall–Kier alpha value is -4.16. The number of halogens is 4. The largest absolute Gasteiger partial charge is 0.417 e. The predicted octanol–water partition coefficient (Wildman–Crippen LogP) is 4.42. The summed E-state index contributed by atoms with van der Waals surface area (Å²) in [6.45, 7) is 2.18. The van der Waals surface area contributed by atoms with Gasteiger partial charge in [-0.1, -0.05) is 30.3 Å². The van der Waals surface area contributed by atoms with E-state index in [4.69, 9.17) is 0 Å². The van der Waals surface area contributed by atoms with Crippen molar-refractivity contribution in [2.45, 2.75) is 25.7 Å². The average Bonchev–Trinajstić information content (AvgIpc) is 3.30. The summed E-state index contributed by atoms with van der Waals surface area (Å²) in [7, 11) is 1.53. The van der Waals surface area contributed by atoms with Gasteiger partial charge in [0.15, 0.2) is 0 Å². The second-order valence-corrected chi connectivity index (χ2v) is 8.60. The molecular formula is C26H24F4N6O2. The minimum absolute atomic E-state index is 0.0590. The molecule has 0 fully saturated rings. The van der Waals surface area contributed by atoms with Crippen molar-refractivity contribution in [2.24, 2.45) is 7.05 Å². The minimum Gasteiger partial charge on any atom is -0.392 e. The van der Waals surface area contributed by atoms with Crippen LogP contribution in [0.2, 0.25) is 0 Å². The molecule has 2 aromatic heterocycles. The predicted molar refractivity (Wildman–Crippen MR) is 132 cm³/mol. The first-order valence-electron chi connectivity index (χ1n) is 11.5. The number of aliphatic hydroxyl groups is 1. The van der Waals surface area contributed by atoms with E-state index in [9.17, 15) is 27.5 Å². The van der Waals surface area contributed by atoms with Crippen molar-refractivity contribution in [3.05, 3.63) is 83.7 Å². The number of hydrogen-bond donors (Lipinski definition) is 3. The van der Waals surface area contributed by atoms with Gasteiger partial charge in [0, 0.05) is 30.9 Å². The van der Waals surface area contributed by atoms with E-state index < -0.39 is 40.7 Å². The number of aryl methyl sites for hydroxylation is 1. The van der Waals surface area contributed by atoms with Gasteiger partial charge in [0.2, 0.25) is 0 Å². The molecule has 38 heavy (non-hydrogen) atoms. The Kier molecular flexibility index (Phi) is 7.83. The SMILES string of the molecule is C[C@H](O)CNCc1ncc(NC(=O)c2cc(-c3ccn(C)n3)c(C(F)(F)F)cc2F)c(-c2ccccc2)n1. The number of carbonyl (C=O) groups is 1. The minimum atomic E-state index is -4.87. The molecule has 2 heterocycles. The van der Waals surface area contributed by atoms with Crippen LogP contribution < -0.4 is 10.6 Å². The molecule has 0 saturated heterocycles. The second kappa shape index (κ2) is 11.1. The van der Waals surface area contributed by atoms with Gasteiger partial charge in [-0.3, -0.25) is 9.48 Å². The summed E-state index contributed by atoms with van der Waals surface area (Å²) in [6.07, 6.45) is -2.65. The first-order valence-corrected chi connectivity index (χ1v) is 11.5. The lowest BCUT2D eigenvalue weighted by molar-refractivity contribution is -0.137. The lowest BCUT2D eigenvalue weighted by atomic mass is 9.99. The highest BCUT2D eigenvalue weighted by atomic mass is 19.4. The highest BCUT2D eigenvalue weighted by Crippen LogP contribution is 2.38. The molecule has 2 aromatic carbocycles. The van der Waals surface area contributed by atoms with Crippen LogP contribution in [0, 0.1) is 5.82 Å². The lowest BCUT2D eigenvalue weighted by Crippen LogP contribution is -2.25. The van der Waals surface area contributed by atoms with E-state index in [1.54, 1.807) is 37.3 Å². The fourth-order valence-corrected chi connectivity index (χ4v) is 3.75. The van der Waals surface area contributed by atoms with Gasteiger partial charge in [-0.2, -0.15) is 18.3 Å². The summed E-state index contributed by atoms with van der Waals surface area (Å²) in [5, 5.41) is 19.0. The number of alkyl halides is 3. The van der Waals surface area contributed by atoms with Gasteiger partial charge in [-0.15, -0.1) is 0 Å². The number of aromatic nitrogens is 4. The second-order valence-electron chi connectivity index (χ2n) is 8.60. The smallest absolute Gasteiger partial charge is 0.392 e. The van der Waals surface area contributed by atoms with Gasteiger partial charge in [-0.05, 0) is 25.1 Å². The summed E-state index contributed by atoms with van der Waals surface area (Å²) < 4.78 is 57.2. The van der Waals surface area contributed by atoms with E-state index in [-0.39, 0.29) is 17.9 Å². The van der Waals surface area contributed by atoms with Gasteiger partial charge in [-0.25, -0.2) is 14.4 Å². The number of carbonyl (C=O) groups excluding carboxylic acids is 1. The van der Waals surface area contributed by atoms with Crippen LogP contribution in [0.25, 0.3) is 22.5 Å². The third-order valence-electron chi connectivity index (χ3n) is 5.50. The third-order valence-corrected chi connectivity index (χ3v) is 5.50. The molecule has 0 spiro atoms. The van der Waals surface area contributed by atoms with Crippen molar-refractivity contribution in [1.29, 1.82) is 0 Å². The first-order chi connectivity index (χ1) is 18.0. The van der Waals surface area contributed by atoms with Gasteiger partial charge in [0.05, 0.1) is 47.0 Å². The van der Waals surface area contributed by atoms with Crippen LogP contribution in [0.4, 0.5) is 23.2 Å². The van der Waals surface area contributed by atoms with Crippen LogP contribution in [-0.4, -0.2) is 43.4 Å². The molecule has 0 aliphatic carbocycles. The molecule has 0 aliphatic rings. The van der Waals surface area contributed by atoms with Crippen molar-refractivity contribution < 1.29 is 27.5 Å². The monoisotopic (exact) mass is 528 g/mol. The summed E-state index contributed by atoms with van der Waals surface area (Å²) >= 11 is 0. The van der Waals surface area contributed by atoms with Crippen LogP contribution in [0.3, 0.4) is 0 Å². The molecule has 8 nitrogen and oxygen atoms in total. The zero-order valence-electron chi connectivity index (χ0n) is 20.4. The Morgan fingerprint density at radius 3 is 2.53 bits per heavy atom. The highest BCUT2D eigenvalue weighted by molar-refractivity contribution is 6.06. The molecule has 0 saturated carbocycles. The highest BCUT2D eigenvalue weighted by Gasteiger charge is 2.36. The van der Waals surface area contributed by atoms with Crippen LogP contribution in [-0.2, 0) is 19.8 Å². The van der Waals surface area contributed by atoms with Crippen LogP contribution in [0.5, 0.6) is 0 Å². The number of hydrogen-bond acceptors (Lipinski definition) is 6. The zero-order chi connectivity index (χ0) is 27.4. The molecule has 4 rings (SSSR count).